The highest BCUT2D eigenvalue weighted by Crippen LogP contribution is 2.43. The summed E-state index contributed by atoms with van der Waals surface area (Å²) in [6, 6.07) is 0. The maximum absolute atomic E-state index is 12.7. The fourth-order valence-corrected chi connectivity index (χ4v) is 7.19. The average Bonchev–Trinajstić information content (AvgIpc) is 3.20. The van der Waals surface area contributed by atoms with Crippen LogP contribution in [0, 0.1) is 0 Å². The molecule has 0 saturated heterocycles. The van der Waals surface area contributed by atoms with E-state index in [1.165, 1.54) is 128 Å². The van der Waals surface area contributed by atoms with Crippen LogP contribution in [0.2, 0.25) is 0 Å². The molecule has 0 aliphatic carbocycles. The monoisotopic (exact) mass is 852 g/mol. The Morgan fingerprint density at radius 2 is 0.932 bits per heavy atom. The molecule has 2 unspecified atom stereocenters. The van der Waals surface area contributed by atoms with Crippen LogP contribution in [0.15, 0.2) is 48.6 Å². The van der Waals surface area contributed by atoms with Gasteiger partial charge in [0.1, 0.15) is 6.61 Å². The lowest BCUT2D eigenvalue weighted by atomic mass is 10.0. The van der Waals surface area contributed by atoms with Crippen molar-refractivity contribution in [2.24, 2.45) is 0 Å². The molecule has 0 spiro atoms. The molecule has 344 valence electrons. The summed E-state index contributed by atoms with van der Waals surface area (Å²) in [4.78, 5) is 37.1. The highest BCUT2D eigenvalue weighted by Gasteiger charge is 2.26. The van der Waals surface area contributed by atoms with Crippen LogP contribution in [0.25, 0.3) is 0 Å². The van der Waals surface area contributed by atoms with Crippen LogP contribution in [0.3, 0.4) is 0 Å². The van der Waals surface area contributed by atoms with Crippen molar-refractivity contribution in [3.05, 3.63) is 48.6 Å². The van der Waals surface area contributed by atoms with Gasteiger partial charge in [0.15, 0.2) is 6.10 Å². The van der Waals surface area contributed by atoms with Gasteiger partial charge in [-0.15, -0.1) is 0 Å². The Kier molecular flexibility index (Phi) is 42.5. The minimum atomic E-state index is -4.38. The van der Waals surface area contributed by atoms with E-state index in [-0.39, 0.29) is 32.0 Å². The number of hydrogen-bond acceptors (Lipinski definition) is 8. The molecule has 1 N–H and O–H groups in total. The molecule has 0 bridgehead atoms. The summed E-state index contributed by atoms with van der Waals surface area (Å²) < 4.78 is 33.5. The maximum atomic E-state index is 12.7. The summed E-state index contributed by atoms with van der Waals surface area (Å²) in [7, 11) is -0.738. The number of ether oxygens (including phenoxy) is 2. The highest BCUT2D eigenvalue weighted by molar-refractivity contribution is 7.47. The van der Waals surface area contributed by atoms with E-state index < -0.39 is 26.5 Å². The lowest BCUT2D eigenvalue weighted by Crippen LogP contribution is -2.29. The minimum absolute atomic E-state index is 0.00284. The van der Waals surface area contributed by atoms with Gasteiger partial charge in [-0.3, -0.25) is 18.6 Å². The molecule has 0 aromatic rings. The first-order valence-corrected chi connectivity index (χ1v) is 25.4. The van der Waals surface area contributed by atoms with E-state index in [0.29, 0.717) is 19.4 Å². The van der Waals surface area contributed by atoms with E-state index in [2.05, 4.69) is 56.4 Å². The van der Waals surface area contributed by atoms with Crippen LogP contribution in [-0.2, 0) is 32.7 Å². The molecule has 0 amide bonds. The van der Waals surface area contributed by atoms with Crippen molar-refractivity contribution in [3.63, 3.8) is 0 Å². The molecule has 10 heteroatoms. The topological polar surface area (TPSA) is 112 Å². The molecule has 0 aliphatic rings. The minimum Gasteiger partial charge on any atom is -0.462 e. The van der Waals surface area contributed by atoms with E-state index in [1.807, 2.05) is 25.1 Å². The van der Waals surface area contributed by atoms with Crippen LogP contribution in [0.4, 0.5) is 0 Å². The van der Waals surface area contributed by atoms with Crippen molar-refractivity contribution in [2.75, 3.05) is 40.5 Å². The number of nitrogens with zero attached hydrogens (tertiary/aromatic N) is 1. The van der Waals surface area contributed by atoms with E-state index in [1.54, 1.807) is 0 Å². The van der Waals surface area contributed by atoms with Gasteiger partial charge < -0.3 is 19.3 Å². The first-order chi connectivity index (χ1) is 28.7. The van der Waals surface area contributed by atoms with Crippen molar-refractivity contribution in [2.45, 2.75) is 213 Å². The Bertz CT molecular complexity index is 1120. The second kappa shape index (κ2) is 44.0. The first kappa shape index (κ1) is 57.0. The van der Waals surface area contributed by atoms with Gasteiger partial charge in [-0.2, -0.15) is 0 Å². The van der Waals surface area contributed by atoms with Gasteiger partial charge in [-0.25, -0.2) is 4.57 Å². The van der Waals surface area contributed by atoms with E-state index in [0.717, 1.165) is 38.5 Å². The van der Waals surface area contributed by atoms with Gasteiger partial charge in [-0.1, -0.05) is 191 Å². The fraction of sp³-hybridized carbons (Fsp3) is 0.796. The van der Waals surface area contributed by atoms with Crippen LogP contribution in [0.5, 0.6) is 0 Å². The molecule has 0 aromatic heterocycles. The van der Waals surface area contributed by atoms with Gasteiger partial charge in [-0.05, 0) is 65.5 Å². The second-order valence-electron chi connectivity index (χ2n) is 16.3. The third-order valence-electron chi connectivity index (χ3n) is 10.1. The smallest absolute Gasteiger partial charge is 0.462 e. The van der Waals surface area contributed by atoms with Crippen LogP contribution in [0.1, 0.15) is 206 Å². The van der Waals surface area contributed by atoms with Crippen LogP contribution < -0.4 is 0 Å². The van der Waals surface area contributed by atoms with E-state index >= 15 is 0 Å². The summed E-state index contributed by atoms with van der Waals surface area (Å²) >= 11 is 0. The Labute approximate surface area is 362 Å². The molecule has 0 aromatic carbocycles. The number of unbranched alkanes of at least 4 members (excludes halogenated alkanes) is 22. The number of hydrogen-bond donors (Lipinski definition) is 1. The summed E-state index contributed by atoms with van der Waals surface area (Å²) in [5.41, 5.74) is 0. The molecule has 0 saturated carbocycles. The molecule has 0 heterocycles. The first-order valence-electron chi connectivity index (χ1n) is 23.9. The molecule has 0 rings (SSSR count). The second-order valence-corrected chi connectivity index (χ2v) is 17.7. The number of phosphoric acid groups is 1. The zero-order valence-corrected chi connectivity index (χ0v) is 39.3. The Morgan fingerprint density at radius 1 is 0.525 bits per heavy atom. The Balaban J connectivity index is 4.29. The van der Waals surface area contributed by atoms with Crippen LogP contribution >= 0.6 is 7.82 Å². The van der Waals surface area contributed by atoms with E-state index in [4.69, 9.17) is 18.5 Å². The quantitative estimate of drug-likeness (QED) is 0.0277. The zero-order valence-electron chi connectivity index (χ0n) is 38.4. The molecule has 0 radical (unpaired) electrons. The number of esters is 2. The van der Waals surface area contributed by atoms with Gasteiger partial charge >= 0.3 is 19.8 Å². The van der Waals surface area contributed by atoms with Crippen molar-refractivity contribution in [1.82, 2.24) is 4.90 Å². The zero-order chi connectivity index (χ0) is 43.3. The normalized spacial score (nSPS) is 13.7. The molecule has 9 nitrogen and oxygen atoms in total. The highest BCUT2D eigenvalue weighted by atomic mass is 31.2. The van der Waals surface area contributed by atoms with Crippen LogP contribution in [-0.4, -0.2) is 68.3 Å². The third-order valence-corrected chi connectivity index (χ3v) is 11.1. The van der Waals surface area contributed by atoms with Crippen molar-refractivity contribution >= 4 is 19.8 Å². The molecular formula is C49H90NO8P. The third kappa shape index (κ3) is 45.3. The number of likely N-dealkylation sites (N-methyl/N-ethyl adjacent to an activating group) is 1. The maximum Gasteiger partial charge on any atom is 0.472 e. The molecule has 59 heavy (non-hydrogen) atoms. The predicted octanol–water partition coefficient (Wildman–Crippen LogP) is 14.1. The largest absolute Gasteiger partial charge is 0.472 e. The number of allylic oxidation sites excluding steroid dienone is 8. The molecular weight excluding hydrogens is 762 g/mol. The number of carbonyl (C=O) groups excluding carboxylic acids is 2. The van der Waals surface area contributed by atoms with Gasteiger partial charge in [0.25, 0.3) is 0 Å². The average molecular weight is 852 g/mol. The predicted molar refractivity (Wildman–Crippen MR) is 248 cm³/mol. The summed E-state index contributed by atoms with van der Waals surface area (Å²) in [6.45, 7) is 4.25. The Hall–Kier alpha value is -2.03. The van der Waals surface area contributed by atoms with Crippen molar-refractivity contribution in [1.29, 1.82) is 0 Å². The molecule has 0 fully saturated rings. The van der Waals surface area contributed by atoms with Crippen molar-refractivity contribution < 1.29 is 37.6 Å². The number of phosphoric ester groups is 1. The summed E-state index contributed by atoms with van der Waals surface area (Å²) in [5, 5.41) is 0. The van der Waals surface area contributed by atoms with Gasteiger partial charge in [0.05, 0.1) is 13.2 Å². The van der Waals surface area contributed by atoms with Gasteiger partial charge in [0.2, 0.25) is 0 Å². The Morgan fingerprint density at radius 3 is 1.41 bits per heavy atom. The van der Waals surface area contributed by atoms with Gasteiger partial charge in [0, 0.05) is 19.4 Å². The standard InChI is InChI=1S/C49H90NO8P/c1-5-7-9-11-13-15-17-19-21-23-24-26-27-29-31-33-35-37-39-41-48(51)55-45-47(46-57-59(53,54)56-44-43-50(3)4)58-49(52)42-40-38-36-34-32-30-28-25-22-20-18-16-14-12-10-8-6-2/h14,16,20,22,28,30,34,36,47H,5-13,15,17-19,21,23-27,29,31-33,35,37-46H2,1-4H3,(H,53,54)/b16-14-,22-20-,30-28-,36-34-. The number of rotatable bonds is 44. The molecule has 2 atom stereocenters. The fourth-order valence-electron chi connectivity index (χ4n) is 6.45. The summed E-state index contributed by atoms with van der Waals surface area (Å²) in [6.07, 6.45) is 50.2. The van der Waals surface area contributed by atoms with Crippen molar-refractivity contribution in [3.8, 4) is 0 Å². The molecule has 0 aliphatic heterocycles. The lowest BCUT2D eigenvalue weighted by molar-refractivity contribution is -0.161. The number of carbonyl (C=O) groups is 2. The summed E-state index contributed by atoms with van der Waals surface area (Å²) in [5.74, 6) is -0.862. The van der Waals surface area contributed by atoms with E-state index in [9.17, 15) is 19.0 Å². The lowest BCUT2D eigenvalue weighted by Gasteiger charge is -2.20. The SMILES string of the molecule is CCCCC/C=C\C/C=C\C/C=C\C/C=C\CCCC(=O)OC(COC(=O)CCCCCCCCCCCCCCCCCCCCC)COP(=O)(O)OCCN(C)C.